The van der Waals surface area contributed by atoms with E-state index in [1.54, 1.807) is 0 Å². The Morgan fingerprint density at radius 2 is 1.87 bits per heavy atom. The third kappa shape index (κ3) is 4.32. The van der Waals surface area contributed by atoms with Crippen LogP contribution >= 0.6 is 0 Å². The van der Waals surface area contributed by atoms with Crippen LogP contribution in [-0.2, 0) is 21.2 Å². The lowest BCUT2D eigenvalue weighted by Crippen LogP contribution is -2.39. The third-order valence-corrected chi connectivity index (χ3v) is 6.50. The summed E-state index contributed by atoms with van der Waals surface area (Å²) in [6, 6.07) is 10.4. The Labute approximate surface area is 138 Å². The molecule has 0 spiro atoms. The largest absolute Gasteiger partial charge is 0.341 e. The normalized spacial score (nSPS) is 25.2. The SMILES string of the molecule is O=C([C@H]1CCS(=O)(=O)C1)N1CCCN(Cc2ccccc2)CC1. The summed E-state index contributed by atoms with van der Waals surface area (Å²) in [4.78, 5) is 16.8. The minimum atomic E-state index is -3.00. The molecular weight excluding hydrogens is 312 g/mol. The Hall–Kier alpha value is -1.40. The molecule has 0 saturated carbocycles. The molecule has 2 saturated heterocycles. The summed E-state index contributed by atoms with van der Waals surface area (Å²) in [6.07, 6.45) is 1.43. The Balaban J connectivity index is 1.55. The first kappa shape index (κ1) is 16.5. The first-order valence-corrected chi connectivity index (χ1v) is 10.1. The van der Waals surface area contributed by atoms with Gasteiger partial charge in [0.15, 0.2) is 9.84 Å². The fraction of sp³-hybridized carbons (Fsp3) is 0.588. The van der Waals surface area contributed by atoms with Gasteiger partial charge in [-0.05, 0) is 18.4 Å². The van der Waals surface area contributed by atoms with Crippen molar-refractivity contribution in [3.05, 3.63) is 35.9 Å². The number of carbonyl (C=O) groups excluding carboxylic acids is 1. The van der Waals surface area contributed by atoms with Crippen LogP contribution in [0.3, 0.4) is 0 Å². The smallest absolute Gasteiger partial charge is 0.226 e. The van der Waals surface area contributed by atoms with Crippen molar-refractivity contribution in [2.45, 2.75) is 19.4 Å². The van der Waals surface area contributed by atoms with Crippen molar-refractivity contribution in [3.8, 4) is 0 Å². The van der Waals surface area contributed by atoms with Gasteiger partial charge in [-0.1, -0.05) is 30.3 Å². The summed E-state index contributed by atoms with van der Waals surface area (Å²) in [5, 5.41) is 0. The van der Waals surface area contributed by atoms with Crippen LogP contribution in [0.25, 0.3) is 0 Å². The van der Waals surface area contributed by atoms with Gasteiger partial charge in [0, 0.05) is 32.7 Å². The molecule has 2 aliphatic heterocycles. The fourth-order valence-corrected chi connectivity index (χ4v) is 5.17. The molecule has 1 aromatic rings. The summed E-state index contributed by atoms with van der Waals surface area (Å²) in [7, 11) is -3.00. The first-order valence-electron chi connectivity index (χ1n) is 8.29. The lowest BCUT2D eigenvalue weighted by molar-refractivity contribution is -0.134. The highest BCUT2D eigenvalue weighted by atomic mass is 32.2. The molecule has 2 heterocycles. The maximum Gasteiger partial charge on any atom is 0.226 e. The molecule has 0 bridgehead atoms. The molecule has 23 heavy (non-hydrogen) atoms. The average molecular weight is 336 g/mol. The number of amides is 1. The molecule has 0 N–H and O–H groups in total. The quantitative estimate of drug-likeness (QED) is 0.831. The van der Waals surface area contributed by atoms with E-state index in [0.29, 0.717) is 13.0 Å². The van der Waals surface area contributed by atoms with Gasteiger partial charge in [-0.15, -0.1) is 0 Å². The maximum atomic E-state index is 12.5. The molecule has 0 aliphatic carbocycles. The number of hydrogen-bond acceptors (Lipinski definition) is 4. The average Bonchev–Trinajstić information content (AvgIpc) is 2.75. The third-order valence-electron chi connectivity index (χ3n) is 4.73. The van der Waals surface area contributed by atoms with Gasteiger partial charge in [0.25, 0.3) is 0 Å². The molecule has 5 nitrogen and oxygen atoms in total. The van der Waals surface area contributed by atoms with E-state index in [9.17, 15) is 13.2 Å². The number of nitrogens with zero attached hydrogens (tertiary/aromatic N) is 2. The molecule has 3 rings (SSSR count). The Kier molecular flexibility index (Phi) is 5.02. The fourth-order valence-electron chi connectivity index (χ4n) is 3.44. The van der Waals surface area contributed by atoms with Crippen LogP contribution < -0.4 is 0 Å². The Morgan fingerprint density at radius 3 is 2.57 bits per heavy atom. The minimum absolute atomic E-state index is 0.0348. The van der Waals surface area contributed by atoms with Crippen molar-refractivity contribution in [1.29, 1.82) is 0 Å². The van der Waals surface area contributed by atoms with Crippen molar-refractivity contribution in [3.63, 3.8) is 0 Å². The Bertz CT molecular complexity index is 645. The van der Waals surface area contributed by atoms with E-state index in [1.807, 2.05) is 23.1 Å². The molecule has 0 unspecified atom stereocenters. The van der Waals surface area contributed by atoms with Crippen molar-refractivity contribution < 1.29 is 13.2 Å². The number of sulfone groups is 1. The summed E-state index contributed by atoms with van der Waals surface area (Å²) in [5.74, 6) is -0.0821. The summed E-state index contributed by atoms with van der Waals surface area (Å²) >= 11 is 0. The first-order chi connectivity index (χ1) is 11.0. The van der Waals surface area contributed by atoms with Crippen LogP contribution in [0, 0.1) is 5.92 Å². The topological polar surface area (TPSA) is 57.7 Å². The molecule has 0 aromatic heterocycles. The monoisotopic (exact) mass is 336 g/mol. The maximum absolute atomic E-state index is 12.5. The van der Waals surface area contributed by atoms with Gasteiger partial charge in [-0.3, -0.25) is 9.69 Å². The van der Waals surface area contributed by atoms with Gasteiger partial charge in [0.05, 0.1) is 17.4 Å². The molecule has 0 radical (unpaired) electrons. The molecule has 126 valence electrons. The van der Waals surface area contributed by atoms with E-state index < -0.39 is 9.84 Å². The van der Waals surface area contributed by atoms with Crippen LogP contribution in [0.15, 0.2) is 30.3 Å². The highest BCUT2D eigenvalue weighted by Crippen LogP contribution is 2.21. The number of rotatable bonds is 3. The second kappa shape index (κ2) is 7.01. The van der Waals surface area contributed by atoms with Gasteiger partial charge in [0.1, 0.15) is 0 Å². The van der Waals surface area contributed by atoms with E-state index in [0.717, 1.165) is 32.6 Å². The van der Waals surface area contributed by atoms with Gasteiger partial charge < -0.3 is 4.90 Å². The molecular formula is C17H24N2O3S. The van der Waals surface area contributed by atoms with Gasteiger partial charge in [-0.25, -0.2) is 8.42 Å². The summed E-state index contributed by atoms with van der Waals surface area (Å²) < 4.78 is 23.1. The predicted octanol–water partition coefficient (Wildman–Crippen LogP) is 1.16. The minimum Gasteiger partial charge on any atom is -0.341 e. The second-order valence-corrected chi connectivity index (χ2v) is 8.77. The van der Waals surface area contributed by atoms with E-state index in [4.69, 9.17) is 0 Å². The van der Waals surface area contributed by atoms with E-state index in [2.05, 4.69) is 17.0 Å². The molecule has 2 fully saturated rings. The number of carbonyl (C=O) groups is 1. The van der Waals surface area contributed by atoms with Crippen molar-refractivity contribution >= 4 is 15.7 Å². The summed E-state index contributed by atoms with van der Waals surface area (Å²) in [5.41, 5.74) is 1.29. The van der Waals surface area contributed by atoms with Crippen molar-refractivity contribution in [1.82, 2.24) is 9.80 Å². The van der Waals surface area contributed by atoms with Crippen LogP contribution in [0.1, 0.15) is 18.4 Å². The van der Waals surface area contributed by atoms with Gasteiger partial charge in [0.2, 0.25) is 5.91 Å². The van der Waals surface area contributed by atoms with Crippen LogP contribution in [0.2, 0.25) is 0 Å². The van der Waals surface area contributed by atoms with Crippen LogP contribution in [-0.4, -0.2) is 61.8 Å². The molecule has 1 atom stereocenters. The number of hydrogen-bond donors (Lipinski definition) is 0. The summed E-state index contributed by atoms with van der Waals surface area (Å²) in [6.45, 7) is 4.16. The van der Waals surface area contributed by atoms with E-state index >= 15 is 0 Å². The molecule has 1 amide bonds. The van der Waals surface area contributed by atoms with Gasteiger partial charge in [-0.2, -0.15) is 0 Å². The van der Waals surface area contributed by atoms with E-state index in [-0.39, 0.29) is 23.3 Å². The van der Waals surface area contributed by atoms with Crippen LogP contribution in [0.4, 0.5) is 0 Å². The highest BCUT2D eigenvalue weighted by molar-refractivity contribution is 7.91. The van der Waals surface area contributed by atoms with Crippen molar-refractivity contribution in [2.75, 3.05) is 37.7 Å². The number of benzene rings is 1. The molecule has 6 heteroatoms. The molecule has 1 aromatic carbocycles. The molecule has 2 aliphatic rings. The Morgan fingerprint density at radius 1 is 1.09 bits per heavy atom. The lowest BCUT2D eigenvalue weighted by Gasteiger charge is -2.24. The standard InChI is InChI=1S/C17H24N2O3S/c20-17(16-7-12-23(21,22)14-16)19-9-4-8-18(10-11-19)13-15-5-2-1-3-6-15/h1-3,5-6,16H,4,7-14H2/t16-/m0/s1. The van der Waals surface area contributed by atoms with Crippen molar-refractivity contribution in [2.24, 2.45) is 5.92 Å². The lowest BCUT2D eigenvalue weighted by atomic mass is 10.1. The zero-order valence-corrected chi connectivity index (χ0v) is 14.2. The van der Waals surface area contributed by atoms with Crippen LogP contribution in [0.5, 0.6) is 0 Å². The predicted molar refractivity (Wildman–Crippen MR) is 89.7 cm³/mol. The van der Waals surface area contributed by atoms with E-state index in [1.165, 1.54) is 5.56 Å². The second-order valence-electron chi connectivity index (χ2n) is 6.54. The zero-order chi connectivity index (χ0) is 16.3. The zero-order valence-electron chi connectivity index (χ0n) is 13.4. The van der Waals surface area contributed by atoms with Gasteiger partial charge >= 0.3 is 0 Å². The highest BCUT2D eigenvalue weighted by Gasteiger charge is 2.35.